The molecule has 4 nitrogen and oxygen atoms in total. The number of rotatable bonds is 2. The second-order valence-electron chi connectivity index (χ2n) is 6.10. The van der Waals surface area contributed by atoms with Gasteiger partial charge in [0.05, 0.1) is 6.04 Å². The molecule has 2 saturated heterocycles. The monoisotopic (exact) mass is 348 g/mol. The van der Waals surface area contributed by atoms with Crippen LogP contribution in [0.3, 0.4) is 0 Å². The van der Waals surface area contributed by atoms with Crippen molar-refractivity contribution >= 4 is 5.91 Å². The molecule has 2 heterocycles. The van der Waals surface area contributed by atoms with Crippen molar-refractivity contribution in [2.24, 2.45) is 0 Å². The van der Waals surface area contributed by atoms with Crippen LogP contribution in [0.5, 0.6) is 0 Å². The largest absolute Gasteiger partial charge is 0.417 e. The van der Waals surface area contributed by atoms with Gasteiger partial charge >= 0.3 is 12.4 Å². The third-order valence-corrected chi connectivity index (χ3v) is 4.47. The molecule has 23 heavy (non-hydrogen) atoms. The minimum absolute atomic E-state index is 0.00479. The molecule has 0 spiro atoms. The van der Waals surface area contributed by atoms with Crippen molar-refractivity contribution in [3.8, 4) is 0 Å². The first-order chi connectivity index (χ1) is 10.4. The number of likely N-dealkylation sites (tertiary alicyclic amines) is 2. The Morgan fingerprint density at radius 3 is 2.13 bits per heavy atom. The van der Waals surface area contributed by atoms with Gasteiger partial charge in [-0.25, -0.2) is 0 Å². The molecule has 0 bridgehead atoms. The summed E-state index contributed by atoms with van der Waals surface area (Å²) in [6, 6.07) is -0.844. The highest BCUT2D eigenvalue weighted by Gasteiger charge is 2.55. The molecular formula is C13H18F6N2O2. The first-order valence-corrected chi connectivity index (χ1v) is 7.32. The molecule has 2 fully saturated rings. The molecule has 0 aliphatic carbocycles. The Labute approximate surface area is 129 Å². The summed E-state index contributed by atoms with van der Waals surface area (Å²) < 4.78 is 75.6. The standard InChI is InChI=1S/C13H18F6N2O2/c14-12(15,16)8-21-5-1-2-9(10(21)22)20-6-3-11(23,4-7-20)13(17,18)19/h9,23H,1-8H2. The van der Waals surface area contributed by atoms with Crippen LogP contribution < -0.4 is 0 Å². The fraction of sp³-hybridized carbons (Fsp3) is 0.923. The Hall–Kier alpha value is -1.03. The van der Waals surface area contributed by atoms with E-state index in [1.165, 1.54) is 4.90 Å². The zero-order valence-electron chi connectivity index (χ0n) is 12.3. The lowest BCUT2D eigenvalue weighted by Gasteiger charge is -2.44. The van der Waals surface area contributed by atoms with Crippen LogP contribution in [0.25, 0.3) is 0 Å². The molecule has 2 aliphatic rings. The van der Waals surface area contributed by atoms with Crippen LogP contribution >= 0.6 is 0 Å². The summed E-state index contributed by atoms with van der Waals surface area (Å²) in [5.74, 6) is -0.703. The third kappa shape index (κ3) is 4.09. The molecule has 10 heteroatoms. The Morgan fingerprint density at radius 2 is 1.65 bits per heavy atom. The van der Waals surface area contributed by atoms with Crippen LogP contribution in [0.4, 0.5) is 26.3 Å². The Balaban J connectivity index is 1.99. The maximum Gasteiger partial charge on any atom is 0.417 e. The summed E-state index contributed by atoms with van der Waals surface area (Å²) in [5, 5.41) is 9.60. The lowest BCUT2D eigenvalue weighted by Crippen LogP contribution is -2.59. The van der Waals surface area contributed by atoms with Gasteiger partial charge in [0, 0.05) is 19.6 Å². The third-order valence-electron chi connectivity index (χ3n) is 4.47. The minimum Gasteiger partial charge on any atom is -0.380 e. The summed E-state index contributed by atoms with van der Waals surface area (Å²) in [6.45, 7) is -1.70. The van der Waals surface area contributed by atoms with Crippen LogP contribution in [-0.4, -0.2) is 71.0 Å². The summed E-state index contributed by atoms with van der Waals surface area (Å²) in [6.07, 6.45) is -9.74. The van der Waals surface area contributed by atoms with Gasteiger partial charge < -0.3 is 10.0 Å². The number of halogens is 6. The first-order valence-electron chi connectivity index (χ1n) is 7.32. The van der Waals surface area contributed by atoms with Gasteiger partial charge in [0.25, 0.3) is 0 Å². The predicted octanol–water partition coefficient (Wildman–Crippen LogP) is 1.93. The molecule has 0 aromatic rings. The summed E-state index contributed by atoms with van der Waals surface area (Å²) in [5.41, 5.74) is -2.78. The number of hydrogen-bond donors (Lipinski definition) is 1. The highest BCUT2D eigenvalue weighted by molar-refractivity contribution is 5.82. The molecular weight excluding hydrogens is 330 g/mol. The molecule has 1 N–H and O–H groups in total. The normalized spacial score (nSPS) is 27.3. The zero-order chi connectivity index (χ0) is 17.5. The van der Waals surface area contributed by atoms with E-state index in [9.17, 15) is 36.2 Å². The summed E-state index contributed by atoms with van der Waals surface area (Å²) in [7, 11) is 0. The van der Waals surface area contributed by atoms with E-state index in [1.807, 2.05) is 0 Å². The second kappa shape index (κ2) is 6.12. The number of carbonyl (C=O) groups is 1. The van der Waals surface area contributed by atoms with Crippen molar-refractivity contribution in [2.75, 3.05) is 26.2 Å². The number of amides is 1. The van der Waals surface area contributed by atoms with Crippen LogP contribution in [0.1, 0.15) is 25.7 Å². The fourth-order valence-corrected chi connectivity index (χ4v) is 3.12. The number of aliphatic hydroxyl groups is 1. The van der Waals surface area contributed by atoms with E-state index in [-0.39, 0.29) is 19.6 Å². The maximum atomic E-state index is 12.8. The van der Waals surface area contributed by atoms with E-state index in [0.717, 1.165) is 0 Å². The molecule has 2 aliphatic heterocycles. The van der Waals surface area contributed by atoms with Gasteiger partial charge in [-0.3, -0.25) is 9.69 Å². The Morgan fingerprint density at radius 1 is 1.09 bits per heavy atom. The molecule has 1 unspecified atom stereocenters. The predicted molar refractivity (Wildman–Crippen MR) is 67.5 cm³/mol. The number of nitrogens with zero attached hydrogens (tertiary/aromatic N) is 2. The van der Waals surface area contributed by atoms with Gasteiger partial charge in [0.15, 0.2) is 5.60 Å². The van der Waals surface area contributed by atoms with Crippen LogP contribution in [0, 0.1) is 0 Å². The molecule has 0 aromatic heterocycles. The smallest absolute Gasteiger partial charge is 0.380 e. The van der Waals surface area contributed by atoms with Gasteiger partial charge in [-0.1, -0.05) is 0 Å². The molecule has 1 amide bonds. The highest BCUT2D eigenvalue weighted by atomic mass is 19.4. The molecule has 134 valence electrons. The van der Waals surface area contributed by atoms with E-state index >= 15 is 0 Å². The van der Waals surface area contributed by atoms with Gasteiger partial charge in [0.2, 0.25) is 5.91 Å². The lowest BCUT2D eigenvalue weighted by molar-refractivity contribution is -0.273. The van der Waals surface area contributed by atoms with E-state index in [2.05, 4.69) is 0 Å². The number of piperidine rings is 2. The molecule has 1 atom stereocenters. The molecule has 2 rings (SSSR count). The van der Waals surface area contributed by atoms with Crippen molar-refractivity contribution in [3.63, 3.8) is 0 Å². The molecule has 0 saturated carbocycles. The van der Waals surface area contributed by atoms with Gasteiger partial charge in [0.1, 0.15) is 6.54 Å². The highest BCUT2D eigenvalue weighted by Crippen LogP contribution is 2.39. The topological polar surface area (TPSA) is 43.8 Å². The van der Waals surface area contributed by atoms with E-state index < -0.39 is 49.3 Å². The van der Waals surface area contributed by atoms with Crippen LogP contribution in [0.2, 0.25) is 0 Å². The molecule has 0 radical (unpaired) electrons. The first kappa shape index (κ1) is 18.3. The quantitative estimate of drug-likeness (QED) is 0.776. The van der Waals surface area contributed by atoms with Gasteiger partial charge in [-0.15, -0.1) is 0 Å². The van der Waals surface area contributed by atoms with E-state index in [0.29, 0.717) is 17.7 Å². The fourth-order valence-electron chi connectivity index (χ4n) is 3.12. The maximum absolute atomic E-state index is 12.8. The Bertz CT molecular complexity index is 443. The van der Waals surface area contributed by atoms with Crippen molar-refractivity contribution in [1.29, 1.82) is 0 Å². The molecule has 0 aromatic carbocycles. The number of alkyl halides is 6. The SMILES string of the molecule is O=C1C(N2CCC(O)(C(F)(F)F)CC2)CCCN1CC(F)(F)F. The average molecular weight is 348 g/mol. The second-order valence-corrected chi connectivity index (χ2v) is 6.10. The van der Waals surface area contributed by atoms with Crippen LogP contribution in [-0.2, 0) is 4.79 Å². The summed E-state index contributed by atoms with van der Waals surface area (Å²) >= 11 is 0. The summed E-state index contributed by atoms with van der Waals surface area (Å²) in [4.78, 5) is 14.3. The van der Waals surface area contributed by atoms with E-state index in [1.54, 1.807) is 0 Å². The minimum atomic E-state index is -4.75. The number of hydrogen-bond acceptors (Lipinski definition) is 3. The number of carbonyl (C=O) groups excluding carboxylic acids is 1. The van der Waals surface area contributed by atoms with Crippen molar-refractivity contribution < 1.29 is 36.2 Å². The Kier molecular flexibility index (Phi) is 4.87. The van der Waals surface area contributed by atoms with Gasteiger partial charge in [-0.05, 0) is 25.7 Å². The van der Waals surface area contributed by atoms with Crippen molar-refractivity contribution in [3.05, 3.63) is 0 Å². The lowest BCUT2D eigenvalue weighted by atomic mass is 9.89. The van der Waals surface area contributed by atoms with Crippen molar-refractivity contribution in [2.45, 2.75) is 49.7 Å². The zero-order valence-corrected chi connectivity index (χ0v) is 12.3. The van der Waals surface area contributed by atoms with Gasteiger partial charge in [-0.2, -0.15) is 26.3 Å². The van der Waals surface area contributed by atoms with Crippen molar-refractivity contribution in [1.82, 2.24) is 9.80 Å². The average Bonchev–Trinajstić information content (AvgIpc) is 2.40. The van der Waals surface area contributed by atoms with Crippen LogP contribution in [0.15, 0.2) is 0 Å². The van der Waals surface area contributed by atoms with E-state index in [4.69, 9.17) is 0 Å².